The maximum absolute atomic E-state index is 4.81. The highest BCUT2D eigenvalue weighted by Crippen LogP contribution is 2.33. The number of aryl methyl sites for hydroxylation is 2. The SMILES string of the molecule is CCC(C)CCNc1nc(NCC2CCC2)nc(C)c1-c1ncc(C)s1. The van der Waals surface area contributed by atoms with Gasteiger partial charge in [0.1, 0.15) is 10.8 Å². The zero-order valence-electron chi connectivity index (χ0n) is 16.4. The molecule has 2 aromatic rings. The molecule has 142 valence electrons. The van der Waals surface area contributed by atoms with Crippen molar-refractivity contribution in [2.45, 2.75) is 59.8 Å². The van der Waals surface area contributed by atoms with Crippen LogP contribution in [0.15, 0.2) is 6.20 Å². The lowest BCUT2D eigenvalue weighted by Gasteiger charge is -2.25. The summed E-state index contributed by atoms with van der Waals surface area (Å²) >= 11 is 1.70. The molecule has 1 aliphatic carbocycles. The molecule has 2 heterocycles. The molecule has 1 atom stereocenters. The van der Waals surface area contributed by atoms with Gasteiger partial charge in [-0.25, -0.2) is 9.97 Å². The molecule has 0 spiro atoms. The molecule has 2 N–H and O–H groups in total. The van der Waals surface area contributed by atoms with E-state index in [9.17, 15) is 0 Å². The van der Waals surface area contributed by atoms with Crippen LogP contribution < -0.4 is 10.6 Å². The fourth-order valence-electron chi connectivity index (χ4n) is 3.08. The first kappa shape index (κ1) is 19.1. The highest BCUT2D eigenvalue weighted by molar-refractivity contribution is 7.15. The van der Waals surface area contributed by atoms with E-state index in [-0.39, 0.29) is 0 Å². The summed E-state index contributed by atoms with van der Waals surface area (Å²) in [4.78, 5) is 15.3. The van der Waals surface area contributed by atoms with Gasteiger partial charge in [-0.1, -0.05) is 26.7 Å². The Hall–Kier alpha value is -1.69. The first-order valence-corrected chi connectivity index (χ1v) is 10.7. The lowest BCUT2D eigenvalue weighted by Crippen LogP contribution is -2.22. The highest BCUT2D eigenvalue weighted by atomic mass is 32.1. The predicted molar refractivity (Wildman–Crippen MR) is 111 cm³/mol. The Balaban J connectivity index is 1.80. The van der Waals surface area contributed by atoms with Crippen molar-refractivity contribution in [2.24, 2.45) is 11.8 Å². The van der Waals surface area contributed by atoms with Crippen LogP contribution in [0.5, 0.6) is 0 Å². The van der Waals surface area contributed by atoms with E-state index in [1.807, 2.05) is 6.20 Å². The van der Waals surface area contributed by atoms with Crippen molar-refractivity contribution in [3.05, 3.63) is 16.8 Å². The van der Waals surface area contributed by atoms with Crippen molar-refractivity contribution in [1.29, 1.82) is 0 Å². The van der Waals surface area contributed by atoms with E-state index in [0.717, 1.165) is 53.5 Å². The van der Waals surface area contributed by atoms with Gasteiger partial charge in [-0.2, -0.15) is 4.98 Å². The summed E-state index contributed by atoms with van der Waals surface area (Å²) in [6, 6.07) is 0. The van der Waals surface area contributed by atoms with Crippen LogP contribution in [0.4, 0.5) is 11.8 Å². The molecule has 5 nitrogen and oxygen atoms in total. The van der Waals surface area contributed by atoms with E-state index in [0.29, 0.717) is 5.92 Å². The Labute approximate surface area is 161 Å². The molecule has 0 radical (unpaired) electrons. The van der Waals surface area contributed by atoms with Crippen LogP contribution in [0.3, 0.4) is 0 Å². The Bertz CT molecular complexity index is 723. The van der Waals surface area contributed by atoms with Gasteiger partial charge in [0, 0.05) is 24.2 Å². The van der Waals surface area contributed by atoms with Crippen LogP contribution in [0.25, 0.3) is 10.6 Å². The minimum absolute atomic E-state index is 0.715. The van der Waals surface area contributed by atoms with Crippen molar-refractivity contribution in [3.63, 3.8) is 0 Å². The Morgan fingerprint density at radius 2 is 2.04 bits per heavy atom. The normalized spacial score (nSPS) is 15.5. The smallest absolute Gasteiger partial charge is 0.224 e. The summed E-state index contributed by atoms with van der Waals surface area (Å²) in [7, 11) is 0. The first-order chi connectivity index (χ1) is 12.6. The number of anilines is 2. The maximum atomic E-state index is 4.81. The van der Waals surface area contributed by atoms with E-state index >= 15 is 0 Å². The molecule has 1 fully saturated rings. The molecule has 0 saturated heterocycles. The Morgan fingerprint density at radius 1 is 1.23 bits per heavy atom. The molecule has 0 bridgehead atoms. The zero-order chi connectivity index (χ0) is 18.5. The van der Waals surface area contributed by atoms with Crippen LogP contribution in [0.2, 0.25) is 0 Å². The van der Waals surface area contributed by atoms with Gasteiger partial charge in [0.15, 0.2) is 0 Å². The molecule has 3 rings (SSSR count). The van der Waals surface area contributed by atoms with Crippen molar-refractivity contribution in [3.8, 4) is 10.6 Å². The third-order valence-corrected chi connectivity index (χ3v) is 6.26. The van der Waals surface area contributed by atoms with Crippen LogP contribution in [-0.2, 0) is 0 Å². The van der Waals surface area contributed by atoms with Crippen molar-refractivity contribution in [2.75, 3.05) is 23.7 Å². The van der Waals surface area contributed by atoms with E-state index in [1.165, 1.54) is 30.6 Å². The summed E-state index contributed by atoms with van der Waals surface area (Å²) in [6.45, 7) is 10.6. The van der Waals surface area contributed by atoms with Crippen LogP contribution in [0.1, 0.15) is 56.5 Å². The summed E-state index contributed by atoms with van der Waals surface area (Å²) in [5.41, 5.74) is 2.03. The number of thiazole rings is 1. The first-order valence-electron chi connectivity index (χ1n) is 9.86. The molecular formula is C20H31N5S. The minimum atomic E-state index is 0.715. The predicted octanol–water partition coefficient (Wildman–Crippen LogP) is 5.28. The fraction of sp³-hybridized carbons (Fsp3) is 0.650. The van der Waals surface area contributed by atoms with Gasteiger partial charge in [-0.05, 0) is 44.9 Å². The van der Waals surface area contributed by atoms with Crippen molar-refractivity contribution in [1.82, 2.24) is 15.0 Å². The van der Waals surface area contributed by atoms with Crippen LogP contribution in [0, 0.1) is 25.7 Å². The summed E-state index contributed by atoms with van der Waals surface area (Å²) in [5, 5.41) is 8.00. The maximum Gasteiger partial charge on any atom is 0.224 e. The van der Waals surface area contributed by atoms with E-state index in [4.69, 9.17) is 9.97 Å². The summed E-state index contributed by atoms with van der Waals surface area (Å²) in [5.74, 6) is 3.14. The zero-order valence-corrected chi connectivity index (χ0v) is 17.2. The van der Waals surface area contributed by atoms with Gasteiger partial charge in [-0.15, -0.1) is 11.3 Å². The van der Waals surface area contributed by atoms with Crippen LogP contribution >= 0.6 is 11.3 Å². The van der Waals surface area contributed by atoms with Gasteiger partial charge in [0.2, 0.25) is 5.95 Å². The molecule has 0 amide bonds. The summed E-state index contributed by atoms with van der Waals surface area (Å²) < 4.78 is 0. The third-order valence-electron chi connectivity index (χ3n) is 5.33. The molecule has 1 saturated carbocycles. The van der Waals surface area contributed by atoms with Gasteiger partial charge >= 0.3 is 0 Å². The number of aromatic nitrogens is 3. The van der Waals surface area contributed by atoms with Gasteiger partial charge in [0.25, 0.3) is 0 Å². The molecular weight excluding hydrogens is 342 g/mol. The third kappa shape index (κ3) is 4.72. The average Bonchev–Trinajstić information content (AvgIpc) is 2.99. The lowest BCUT2D eigenvalue weighted by atomic mass is 9.85. The van der Waals surface area contributed by atoms with E-state index in [2.05, 4.69) is 43.3 Å². The topological polar surface area (TPSA) is 62.7 Å². The summed E-state index contributed by atoms with van der Waals surface area (Å²) in [6.07, 6.45) is 8.27. The second-order valence-corrected chi connectivity index (χ2v) is 8.77. The largest absolute Gasteiger partial charge is 0.369 e. The molecule has 1 aliphatic rings. The average molecular weight is 374 g/mol. The van der Waals surface area contributed by atoms with Crippen LogP contribution in [-0.4, -0.2) is 28.0 Å². The Morgan fingerprint density at radius 3 is 2.65 bits per heavy atom. The number of hydrogen-bond acceptors (Lipinski definition) is 6. The molecule has 6 heteroatoms. The van der Waals surface area contributed by atoms with Crippen molar-refractivity contribution < 1.29 is 0 Å². The highest BCUT2D eigenvalue weighted by Gasteiger charge is 2.19. The minimum Gasteiger partial charge on any atom is -0.369 e. The number of hydrogen-bond donors (Lipinski definition) is 2. The molecule has 0 aliphatic heterocycles. The van der Waals surface area contributed by atoms with Crippen molar-refractivity contribution >= 4 is 23.1 Å². The monoisotopic (exact) mass is 373 g/mol. The number of nitrogens with zero attached hydrogens (tertiary/aromatic N) is 3. The quantitative estimate of drug-likeness (QED) is 0.626. The van der Waals surface area contributed by atoms with E-state index in [1.54, 1.807) is 11.3 Å². The molecule has 2 aromatic heterocycles. The second-order valence-electron chi connectivity index (χ2n) is 7.54. The molecule has 0 aromatic carbocycles. The number of nitrogens with one attached hydrogen (secondary N) is 2. The van der Waals surface area contributed by atoms with E-state index < -0.39 is 0 Å². The van der Waals surface area contributed by atoms with Gasteiger partial charge < -0.3 is 10.6 Å². The lowest BCUT2D eigenvalue weighted by molar-refractivity contribution is 0.333. The second kappa shape index (κ2) is 8.80. The Kier molecular flexibility index (Phi) is 6.46. The van der Waals surface area contributed by atoms with Gasteiger partial charge in [-0.3, -0.25) is 0 Å². The number of rotatable bonds is 9. The standard InChI is InChI=1S/C20H31N5S/c1-5-13(2)9-10-21-18-17(19-22-11-14(3)26-19)15(4)24-20(25-18)23-12-16-7-6-8-16/h11,13,16H,5-10,12H2,1-4H3,(H2,21,23,24,25). The van der Waals surface area contributed by atoms with Gasteiger partial charge in [0.05, 0.1) is 11.3 Å². The molecule has 1 unspecified atom stereocenters. The molecule has 26 heavy (non-hydrogen) atoms. The fourth-order valence-corrected chi connectivity index (χ4v) is 3.94.